The van der Waals surface area contributed by atoms with Crippen molar-refractivity contribution in [1.82, 2.24) is 4.90 Å². The van der Waals surface area contributed by atoms with E-state index in [9.17, 15) is 13.2 Å². The minimum absolute atomic E-state index is 0.251. The lowest BCUT2D eigenvalue weighted by Gasteiger charge is -2.31. The van der Waals surface area contributed by atoms with Crippen LogP contribution in [0.5, 0.6) is 0 Å². The van der Waals surface area contributed by atoms with Crippen molar-refractivity contribution < 1.29 is 13.2 Å². The molecule has 2 aromatic carbocycles. The van der Waals surface area contributed by atoms with Crippen LogP contribution >= 0.6 is 0 Å². The van der Waals surface area contributed by atoms with Crippen LogP contribution in [0.2, 0.25) is 0 Å². The van der Waals surface area contributed by atoms with Gasteiger partial charge in [0, 0.05) is 13.6 Å². The quantitative estimate of drug-likeness (QED) is 0.762. The summed E-state index contributed by atoms with van der Waals surface area (Å²) in [5.41, 5.74) is 4.71. The van der Waals surface area contributed by atoms with Crippen LogP contribution in [0.1, 0.15) is 29.2 Å². The Labute approximate surface area is 162 Å². The third-order valence-corrected chi connectivity index (χ3v) is 5.97. The summed E-state index contributed by atoms with van der Waals surface area (Å²) in [6, 6.07) is 12.5. The number of carbonyl (C=O) groups excluding carboxylic acids is 1. The Morgan fingerprint density at radius 3 is 2.11 bits per heavy atom. The second kappa shape index (κ2) is 8.13. The molecule has 0 aromatic heterocycles. The van der Waals surface area contributed by atoms with E-state index in [4.69, 9.17) is 0 Å². The number of hydrogen-bond donors (Lipinski definition) is 0. The average molecular weight is 389 g/mol. The zero-order valence-electron chi connectivity index (χ0n) is 16.9. The predicted octanol–water partition coefficient (Wildman–Crippen LogP) is 3.42. The highest BCUT2D eigenvalue weighted by Gasteiger charge is 2.31. The van der Waals surface area contributed by atoms with Gasteiger partial charge in [0.25, 0.3) is 0 Å². The number of anilines is 1. The second-order valence-electron chi connectivity index (χ2n) is 7.18. The summed E-state index contributed by atoms with van der Waals surface area (Å²) in [5.74, 6) is -0.251. The summed E-state index contributed by atoms with van der Waals surface area (Å²) in [5, 5.41) is 0. The summed E-state index contributed by atoms with van der Waals surface area (Å²) in [6.07, 6.45) is 1.13. The van der Waals surface area contributed by atoms with Crippen molar-refractivity contribution in [2.24, 2.45) is 0 Å². The van der Waals surface area contributed by atoms with Gasteiger partial charge in [0.1, 0.15) is 6.04 Å². The van der Waals surface area contributed by atoms with Gasteiger partial charge in [-0.25, -0.2) is 8.42 Å². The molecule has 1 atom stereocenters. The Bertz CT molecular complexity index is 921. The zero-order valence-corrected chi connectivity index (χ0v) is 17.7. The Morgan fingerprint density at radius 1 is 1.00 bits per heavy atom. The lowest BCUT2D eigenvalue weighted by atomic mass is 10.1. The Kier molecular flexibility index (Phi) is 6.31. The lowest BCUT2D eigenvalue weighted by molar-refractivity contribution is -0.131. The van der Waals surface area contributed by atoms with Crippen molar-refractivity contribution in [2.75, 3.05) is 17.6 Å². The number of likely N-dealkylation sites (N-methyl/N-ethyl adjacent to an activating group) is 1. The Balaban J connectivity index is 2.28. The van der Waals surface area contributed by atoms with Crippen LogP contribution in [0.4, 0.5) is 5.69 Å². The fourth-order valence-electron chi connectivity index (χ4n) is 3.03. The van der Waals surface area contributed by atoms with Gasteiger partial charge in [-0.3, -0.25) is 9.10 Å². The first-order valence-electron chi connectivity index (χ1n) is 8.88. The molecular weight excluding hydrogens is 360 g/mol. The Hall–Kier alpha value is -2.34. The monoisotopic (exact) mass is 388 g/mol. The van der Waals surface area contributed by atoms with Crippen LogP contribution < -0.4 is 4.31 Å². The predicted molar refractivity (Wildman–Crippen MR) is 110 cm³/mol. The molecule has 0 spiro atoms. The van der Waals surface area contributed by atoms with Crippen molar-refractivity contribution in [3.05, 3.63) is 64.7 Å². The number of carbonyl (C=O) groups is 1. The molecule has 146 valence electrons. The highest BCUT2D eigenvalue weighted by molar-refractivity contribution is 7.92. The first-order chi connectivity index (χ1) is 12.5. The topological polar surface area (TPSA) is 57.7 Å². The number of rotatable bonds is 6. The van der Waals surface area contributed by atoms with Gasteiger partial charge in [0.15, 0.2) is 0 Å². The summed E-state index contributed by atoms with van der Waals surface area (Å²) >= 11 is 0. The molecule has 27 heavy (non-hydrogen) atoms. The van der Waals surface area contributed by atoms with Crippen LogP contribution in [-0.4, -0.2) is 38.6 Å². The highest BCUT2D eigenvalue weighted by Crippen LogP contribution is 2.24. The standard InChI is InChI=1S/C21H28N2O3S/c1-15-7-10-19(11-8-15)14-22(5)21(24)18(4)23(27(6,25)26)20-12-9-16(2)17(3)13-20/h7-13,18H,14H2,1-6H3/t18-/m1/s1. The molecule has 0 saturated heterocycles. The van der Waals surface area contributed by atoms with E-state index in [2.05, 4.69) is 0 Å². The number of amides is 1. The van der Waals surface area contributed by atoms with Gasteiger partial charge >= 0.3 is 0 Å². The molecule has 0 saturated carbocycles. The van der Waals surface area contributed by atoms with Gasteiger partial charge in [-0.2, -0.15) is 0 Å². The molecule has 0 heterocycles. The summed E-state index contributed by atoms with van der Waals surface area (Å²) in [6.45, 7) is 7.95. The minimum Gasteiger partial charge on any atom is -0.340 e. The van der Waals surface area contributed by atoms with E-state index in [1.165, 1.54) is 4.31 Å². The molecule has 0 aliphatic heterocycles. The van der Waals surface area contributed by atoms with Gasteiger partial charge in [0.2, 0.25) is 15.9 Å². The van der Waals surface area contributed by atoms with Crippen LogP contribution in [-0.2, 0) is 21.4 Å². The zero-order chi connectivity index (χ0) is 20.4. The van der Waals surface area contributed by atoms with E-state index in [-0.39, 0.29) is 5.91 Å². The first-order valence-corrected chi connectivity index (χ1v) is 10.7. The van der Waals surface area contributed by atoms with Crippen LogP contribution in [0.15, 0.2) is 42.5 Å². The van der Waals surface area contributed by atoms with Crippen LogP contribution in [0.3, 0.4) is 0 Å². The molecule has 2 rings (SSSR count). The molecule has 5 nitrogen and oxygen atoms in total. The summed E-state index contributed by atoms with van der Waals surface area (Å²) < 4.78 is 26.1. The van der Waals surface area contributed by atoms with Crippen molar-refractivity contribution in [3.63, 3.8) is 0 Å². The molecule has 0 bridgehead atoms. The molecule has 0 radical (unpaired) electrons. The third-order valence-electron chi connectivity index (χ3n) is 4.73. The van der Waals surface area contributed by atoms with Gasteiger partial charge in [0.05, 0.1) is 11.9 Å². The number of aryl methyl sites for hydroxylation is 3. The van der Waals surface area contributed by atoms with Crippen LogP contribution in [0, 0.1) is 20.8 Å². The van der Waals surface area contributed by atoms with E-state index in [0.717, 1.165) is 28.5 Å². The van der Waals surface area contributed by atoms with Crippen LogP contribution in [0.25, 0.3) is 0 Å². The largest absolute Gasteiger partial charge is 0.340 e. The maximum atomic E-state index is 12.9. The SMILES string of the molecule is Cc1ccc(CN(C)C(=O)[C@@H](C)N(c2ccc(C)c(C)c2)S(C)(=O)=O)cc1. The molecule has 2 aromatic rings. The van der Waals surface area contributed by atoms with Gasteiger partial charge in [-0.05, 0) is 56.5 Å². The third kappa shape index (κ3) is 5.10. The van der Waals surface area contributed by atoms with E-state index in [0.29, 0.717) is 12.2 Å². The number of benzene rings is 2. The molecule has 0 N–H and O–H groups in total. The average Bonchev–Trinajstić information content (AvgIpc) is 2.58. The fraction of sp³-hybridized carbons (Fsp3) is 0.381. The van der Waals surface area contributed by atoms with E-state index >= 15 is 0 Å². The van der Waals surface area contributed by atoms with Crippen molar-refractivity contribution >= 4 is 21.6 Å². The molecule has 0 aliphatic carbocycles. The smallest absolute Gasteiger partial charge is 0.246 e. The van der Waals surface area contributed by atoms with E-state index < -0.39 is 16.1 Å². The maximum absolute atomic E-state index is 12.9. The fourth-order valence-corrected chi connectivity index (χ4v) is 4.19. The maximum Gasteiger partial charge on any atom is 0.246 e. The second-order valence-corrected chi connectivity index (χ2v) is 9.04. The van der Waals surface area contributed by atoms with Gasteiger partial charge in [-0.1, -0.05) is 35.9 Å². The summed E-state index contributed by atoms with van der Waals surface area (Å²) in [4.78, 5) is 14.5. The lowest BCUT2D eigenvalue weighted by Crippen LogP contribution is -2.48. The highest BCUT2D eigenvalue weighted by atomic mass is 32.2. The molecule has 1 amide bonds. The van der Waals surface area contributed by atoms with Crippen molar-refractivity contribution in [3.8, 4) is 0 Å². The molecular formula is C21H28N2O3S. The van der Waals surface area contributed by atoms with Crippen molar-refractivity contribution in [1.29, 1.82) is 0 Å². The molecule has 0 fully saturated rings. The molecule has 0 aliphatic rings. The number of hydrogen-bond acceptors (Lipinski definition) is 3. The number of sulfonamides is 1. The first kappa shape index (κ1) is 21.0. The Morgan fingerprint density at radius 2 is 1.59 bits per heavy atom. The van der Waals surface area contributed by atoms with Gasteiger partial charge < -0.3 is 4.90 Å². The van der Waals surface area contributed by atoms with E-state index in [1.807, 2.05) is 51.1 Å². The van der Waals surface area contributed by atoms with Crippen molar-refractivity contribution in [2.45, 2.75) is 40.3 Å². The summed E-state index contributed by atoms with van der Waals surface area (Å²) in [7, 11) is -1.92. The minimum atomic E-state index is -3.62. The normalized spacial score (nSPS) is 12.5. The van der Waals surface area contributed by atoms with Gasteiger partial charge in [-0.15, -0.1) is 0 Å². The molecule has 6 heteroatoms. The van der Waals surface area contributed by atoms with E-state index in [1.54, 1.807) is 31.0 Å². The number of nitrogens with zero attached hydrogens (tertiary/aromatic N) is 2. The molecule has 0 unspecified atom stereocenters.